The lowest BCUT2D eigenvalue weighted by atomic mass is 9.83. The van der Waals surface area contributed by atoms with Crippen molar-refractivity contribution in [3.05, 3.63) is 36.0 Å². The Morgan fingerprint density at radius 3 is 2.50 bits per heavy atom. The Bertz CT molecular complexity index is 594. The first-order valence-electron chi connectivity index (χ1n) is 6.19. The van der Waals surface area contributed by atoms with Gasteiger partial charge in [-0.3, -0.25) is 4.79 Å². The lowest BCUT2D eigenvalue weighted by molar-refractivity contribution is -0.142. The number of fused-ring (bicyclic) bond motifs is 1. The molecule has 0 radical (unpaired) electrons. The molecule has 3 nitrogen and oxygen atoms in total. The zero-order valence-corrected chi connectivity index (χ0v) is 11.3. The smallest absolute Gasteiger partial charge is 0.313 e. The van der Waals surface area contributed by atoms with Crippen molar-refractivity contribution in [2.24, 2.45) is 0 Å². The molecule has 0 fully saturated rings. The number of carbonyl (C=O) groups is 1. The number of carboxylic acids is 1. The van der Waals surface area contributed by atoms with Crippen LogP contribution in [0.25, 0.3) is 10.9 Å². The van der Waals surface area contributed by atoms with E-state index in [1.54, 1.807) is 13.8 Å². The van der Waals surface area contributed by atoms with Gasteiger partial charge in [-0.25, -0.2) is 0 Å². The number of rotatable bonds is 3. The van der Waals surface area contributed by atoms with Gasteiger partial charge >= 0.3 is 5.97 Å². The third-order valence-corrected chi connectivity index (χ3v) is 3.53. The first-order chi connectivity index (χ1) is 8.35. The second-order valence-corrected chi connectivity index (χ2v) is 5.49. The van der Waals surface area contributed by atoms with Crippen molar-refractivity contribution in [3.63, 3.8) is 0 Å². The second kappa shape index (κ2) is 4.16. The molecule has 2 rings (SSSR count). The summed E-state index contributed by atoms with van der Waals surface area (Å²) in [6.45, 7) is 7.73. The van der Waals surface area contributed by atoms with Crippen molar-refractivity contribution in [3.8, 4) is 0 Å². The van der Waals surface area contributed by atoms with Gasteiger partial charge in [0.15, 0.2) is 0 Å². The predicted octanol–water partition coefficient (Wildman–Crippen LogP) is 3.58. The minimum atomic E-state index is -0.872. The molecule has 0 aliphatic rings. The van der Waals surface area contributed by atoms with E-state index in [9.17, 15) is 9.90 Å². The van der Waals surface area contributed by atoms with Crippen LogP contribution in [0.1, 0.15) is 39.3 Å². The molecule has 0 atom stereocenters. The van der Waals surface area contributed by atoms with Crippen LogP contribution in [0.2, 0.25) is 0 Å². The number of hydrogen-bond donors (Lipinski definition) is 1. The van der Waals surface area contributed by atoms with Crippen molar-refractivity contribution in [2.75, 3.05) is 0 Å². The van der Waals surface area contributed by atoms with Gasteiger partial charge in [0.25, 0.3) is 0 Å². The number of nitrogens with zero attached hydrogens (tertiary/aromatic N) is 1. The van der Waals surface area contributed by atoms with E-state index in [2.05, 4.69) is 18.4 Å². The monoisotopic (exact) mass is 245 g/mol. The largest absolute Gasteiger partial charge is 0.481 e. The van der Waals surface area contributed by atoms with Crippen molar-refractivity contribution < 1.29 is 9.90 Å². The minimum Gasteiger partial charge on any atom is -0.481 e. The molecule has 0 saturated carbocycles. The van der Waals surface area contributed by atoms with Gasteiger partial charge in [-0.15, -0.1) is 0 Å². The topological polar surface area (TPSA) is 42.2 Å². The summed E-state index contributed by atoms with van der Waals surface area (Å²) in [5, 5.41) is 10.4. The highest BCUT2D eigenvalue weighted by molar-refractivity contribution is 5.91. The highest BCUT2D eigenvalue weighted by Gasteiger charge is 2.31. The molecular weight excluding hydrogens is 226 g/mol. The molecule has 0 bridgehead atoms. The summed E-state index contributed by atoms with van der Waals surface area (Å²) in [6, 6.07) is 8.25. The quantitative estimate of drug-likeness (QED) is 0.898. The van der Waals surface area contributed by atoms with Crippen LogP contribution in [0, 0.1) is 0 Å². The lowest BCUT2D eigenvalue weighted by Crippen LogP contribution is -2.28. The van der Waals surface area contributed by atoms with Gasteiger partial charge in [0.1, 0.15) is 0 Å². The normalized spacial score (nSPS) is 12.3. The maximum atomic E-state index is 11.4. The number of hydrogen-bond acceptors (Lipinski definition) is 1. The Morgan fingerprint density at radius 1 is 1.28 bits per heavy atom. The van der Waals surface area contributed by atoms with Gasteiger partial charge in [0.05, 0.1) is 5.41 Å². The van der Waals surface area contributed by atoms with Crippen LogP contribution in [0.15, 0.2) is 30.5 Å². The Kier molecular flexibility index (Phi) is 2.93. The summed E-state index contributed by atoms with van der Waals surface area (Å²) in [5.41, 5.74) is 1.09. The fourth-order valence-electron chi connectivity index (χ4n) is 2.30. The summed E-state index contributed by atoms with van der Waals surface area (Å²) in [5.74, 6) is -0.799. The lowest BCUT2D eigenvalue weighted by Gasteiger charge is -2.21. The van der Waals surface area contributed by atoms with Gasteiger partial charge in [-0.05, 0) is 45.4 Å². The Hall–Kier alpha value is -1.77. The maximum absolute atomic E-state index is 11.4. The molecule has 0 aliphatic carbocycles. The molecule has 0 unspecified atom stereocenters. The van der Waals surface area contributed by atoms with Crippen molar-refractivity contribution in [1.29, 1.82) is 0 Å². The van der Waals surface area contributed by atoms with E-state index in [-0.39, 0.29) is 0 Å². The van der Waals surface area contributed by atoms with Crippen LogP contribution in [-0.4, -0.2) is 15.6 Å². The molecule has 0 amide bonds. The van der Waals surface area contributed by atoms with E-state index < -0.39 is 11.4 Å². The number of benzene rings is 1. The molecule has 0 saturated heterocycles. The summed E-state index contributed by atoms with van der Waals surface area (Å²) in [4.78, 5) is 11.4. The predicted molar refractivity (Wildman–Crippen MR) is 73.0 cm³/mol. The molecule has 0 spiro atoms. The van der Waals surface area contributed by atoms with E-state index in [1.807, 2.05) is 30.5 Å². The average molecular weight is 245 g/mol. The van der Waals surface area contributed by atoms with Crippen LogP contribution < -0.4 is 0 Å². The molecule has 2 aromatic rings. The fraction of sp³-hybridized carbons (Fsp3) is 0.400. The zero-order valence-electron chi connectivity index (χ0n) is 11.3. The Balaban J connectivity index is 2.71. The summed E-state index contributed by atoms with van der Waals surface area (Å²) < 4.78 is 2.16. The summed E-state index contributed by atoms with van der Waals surface area (Å²) in [6.07, 6.45) is 2.02. The molecular formula is C15H19NO2. The maximum Gasteiger partial charge on any atom is 0.313 e. The molecule has 1 heterocycles. The van der Waals surface area contributed by atoms with Crippen LogP contribution in [0.4, 0.5) is 0 Å². The van der Waals surface area contributed by atoms with E-state index in [1.165, 1.54) is 0 Å². The van der Waals surface area contributed by atoms with E-state index in [0.717, 1.165) is 16.5 Å². The molecule has 96 valence electrons. The van der Waals surface area contributed by atoms with Gasteiger partial charge in [0.2, 0.25) is 0 Å². The highest BCUT2D eigenvalue weighted by Crippen LogP contribution is 2.32. The SMILES string of the molecule is CC(C)n1ccc2c(C(C)(C)C(=O)O)cccc21. The number of aromatic nitrogens is 1. The molecule has 3 heteroatoms. The number of aliphatic carboxylic acids is 1. The summed E-state index contributed by atoms with van der Waals surface area (Å²) >= 11 is 0. The zero-order chi connectivity index (χ0) is 13.5. The highest BCUT2D eigenvalue weighted by atomic mass is 16.4. The Morgan fingerprint density at radius 2 is 1.94 bits per heavy atom. The van der Waals surface area contributed by atoms with E-state index in [4.69, 9.17) is 0 Å². The summed E-state index contributed by atoms with van der Waals surface area (Å²) in [7, 11) is 0. The van der Waals surface area contributed by atoms with Crippen LogP contribution >= 0.6 is 0 Å². The molecule has 18 heavy (non-hydrogen) atoms. The van der Waals surface area contributed by atoms with Crippen molar-refractivity contribution >= 4 is 16.9 Å². The first-order valence-corrected chi connectivity index (χ1v) is 6.19. The van der Waals surface area contributed by atoms with E-state index in [0.29, 0.717) is 6.04 Å². The van der Waals surface area contributed by atoms with E-state index >= 15 is 0 Å². The van der Waals surface area contributed by atoms with Crippen LogP contribution in [-0.2, 0) is 10.2 Å². The molecule has 1 N–H and O–H groups in total. The van der Waals surface area contributed by atoms with Gasteiger partial charge in [0, 0.05) is 23.1 Å². The third-order valence-electron chi connectivity index (χ3n) is 3.53. The van der Waals surface area contributed by atoms with Gasteiger partial charge < -0.3 is 9.67 Å². The van der Waals surface area contributed by atoms with Crippen molar-refractivity contribution in [1.82, 2.24) is 4.57 Å². The van der Waals surface area contributed by atoms with Crippen LogP contribution in [0.5, 0.6) is 0 Å². The molecule has 0 aliphatic heterocycles. The number of carboxylic acid groups (broad SMARTS) is 1. The molecule has 1 aromatic carbocycles. The third kappa shape index (κ3) is 1.80. The fourth-order valence-corrected chi connectivity index (χ4v) is 2.30. The van der Waals surface area contributed by atoms with Crippen molar-refractivity contribution in [2.45, 2.75) is 39.2 Å². The van der Waals surface area contributed by atoms with Crippen LogP contribution in [0.3, 0.4) is 0 Å². The first kappa shape index (κ1) is 12.7. The second-order valence-electron chi connectivity index (χ2n) is 5.49. The Labute approximate surface area is 107 Å². The average Bonchev–Trinajstić information content (AvgIpc) is 2.71. The minimum absolute atomic E-state index is 0.366. The van der Waals surface area contributed by atoms with Gasteiger partial charge in [-0.2, -0.15) is 0 Å². The standard InChI is InChI=1S/C15H19NO2/c1-10(2)16-9-8-11-12(6-5-7-13(11)16)15(3,4)14(17)18/h5-10H,1-4H3,(H,17,18). The molecule has 1 aromatic heterocycles. The van der Waals surface area contributed by atoms with Gasteiger partial charge in [-0.1, -0.05) is 12.1 Å².